The van der Waals surface area contributed by atoms with Crippen LogP contribution < -0.4 is 5.32 Å². The number of hydrogen-bond donors (Lipinski definition) is 3. The Hall–Kier alpha value is -1.80. The highest BCUT2D eigenvalue weighted by atomic mass is 19.4. The van der Waals surface area contributed by atoms with Crippen LogP contribution in [0.4, 0.5) is 23.7 Å². The number of rotatable bonds is 6. The molecular weight excluding hydrogens is 289 g/mol. The van der Waals surface area contributed by atoms with Gasteiger partial charge in [0.05, 0.1) is 19.6 Å². The summed E-state index contributed by atoms with van der Waals surface area (Å²) in [6, 6.07) is 4.77. The number of carbonyl (C=O) groups is 1. The topological polar surface area (TPSA) is 72.8 Å². The number of aliphatic hydroxyl groups excluding tert-OH is 2. The third kappa shape index (κ3) is 6.46. The van der Waals surface area contributed by atoms with Crippen molar-refractivity contribution in [2.45, 2.75) is 12.6 Å². The highest BCUT2D eigenvalue weighted by molar-refractivity contribution is 5.89. The number of carbonyl (C=O) groups excluding carboxylic acids is 1. The van der Waals surface area contributed by atoms with Crippen molar-refractivity contribution >= 4 is 11.7 Å². The Balaban J connectivity index is 2.63. The molecule has 0 radical (unpaired) electrons. The maximum atomic E-state index is 12.2. The van der Waals surface area contributed by atoms with E-state index in [1.165, 1.54) is 29.2 Å². The van der Waals surface area contributed by atoms with Crippen LogP contribution in [0.1, 0.15) is 5.56 Å². The van der Waals surface area contributed by atoms with Crippen molar-refractivity contribution in [3.05, 3.63) is 29.8 Å². The van der Waals surface area contributed by atoms with E-state index in [0.717, 1.165) is 0 Å². The Morgan fingerprint density at radius 3 is 2.05 bits per heavy atom. The van der Waals surface area contributed by atoms with Crippen LogP contribution in [0.25, 0.3) is 0 Å². The van der Waals surface area contributed by atoms with Crippen molar-refractivity contribution in [2.75, 3.05) is 31.6 Å². The van der Waals surface area contributed by atoms with E-state index in [2.05, 4.69) is 5.32 Å². The molecule has 0 atom stereocenters. The predicted octanol–water partition coefficient (Wildman–Crippen LogP) is 1.61. The maximum absolute atomic E-state index is 12.2. The van der Waals surface area contributed by atoms with Crippen LogP contribution in [0.15, 0.2) is 24.3 Å². The van der Waals surface area contributed by atoms with E-state index in [4.69, 9.17) is 10.2 Å². The molecule has 0 heterocycles. The van der Waals surface area contributed by atoms with Gasteiger partial charge in [-0.3, -0.25) is 0 Å². The number of urea groups is 1. The van der Waals surface area contributed by atoms with Crippen molar-refractivity contribution in [1.29, 1.82) is 0 Å². The molecule has 0 unspecified atom stereocenters. The van der Waals surface area contributed by atoms with Crippen LogP contribution in [0.2, 0.25) is 0 Å². The van der Waals surface area contributed by atoms with Crippen molar-refractivity contribution in [1.82, 2.24) is 4.90 Å². The predicted molar refractivity (Wildman–Crippen MR) is 71.0 cm³/mol. The number of hydrogen-bond acceptors (Lipinski definition) is 3. The zero-order valence-corrected chi connectivity index (χ0v) is 11.2. The first kappa shape index (κ1) is 17.3. The number of nitrogens with zero attached hydrogens (tertiary/aromatic N) is 1. The quantitative estimate of drug-likeness (QED) is 0.747. The van der Waals surface area contributed by atoms with Gasteiger partial charge in [0.25, 0.3) is 0 Å². The van der Waals surface area contributed by atoms with Gasteiger partial charge in [0, 0.05) is 18.8 Å². The fourth-order valence-electron chi connectivity index (χ4n) is 1.70. The summed E-state index contributed by atoms with van der Waals surface area (Å²) >= 11 is 0. The molecule has 0 saturated carbocycles. The van der Waals surface area contributed by atoms with Gasteiger partial charge in [0.15, 0.2) is 0 Å². The molecule has 118 valence electrons. The third-order valence-corrected chi connectivity index (χ3v) is 2.64. The van der Waals surface area contributed by atoms with Gasteiger partial charge in [-0.05, 0) is 17.7 Å². The number of benzene rings is 1. The molecule has 0 aliphatic rings. The Bertz CT molecular complexity index is 443. The minimum absolute atomic E-state index is 0.0541. The Labute approximate surface area is 120 Å². The molecule has 0 aliphatic heterocycles. The highest BCUT2D eigenvalue weighted by Crippen LogP contribution is 2.22. The summed E-state index contributed by atoms with van der Waals surface area (Å²) in [6.45, 7) is -0.396. The number of nitrogens with one attached hydrogen (secondary N) is 1. The summed E-state index contributed by atoms with van der Waals surface area (Å²) in [6.07, 6.45) is -5.30. The van der Waals surface area contributed by atoms with Gasteiger partial charge in [0.2, 0.25) is 0 Å². The van der Waals surface area contributed by atoms with Crippen LogP contribution in [0.3, 0.4) is 0 Å². The van der Waals surface area contributed by atoms with Crippen molar-refractivity contribution in [2.24, 2.45) is 0 Å². The van der Waals surface area contributed by atoms with E-state index in [0.29, 0.717) is 5.69 Å². The van der Waals surface area contributed by atoms with E-state index in [9.17, 15) is 18.0 Å². The smallest absolute Gasteiger partial charge is 0.393 e. The average Bonchev–Trinajstić information content (AvgIpc) is 2.39. The Kier molecular flexibility index (Phi) is 6.44. The van der Waals surface area contributed by atoms with Crippen molar-refractivity contribution < 1.29 is 28.2 Å². The van der Waals surface area contributed by atoms with Gasteiger partial charge in [0.1, 0.15) is 0 Å². The summed E-state index contributed by atoms with van der Waals surface area (Å²) in [7, 11) is 0. The van der Waals surface area contributed by atoms with E-state index in [-0.39, 0.29) is 31.9 Å². The lowest BCUT2D eigenvalue weighted by molar-refractivity contribution is -0.127. The largest absolute Gasteiger partial charge is 0.395 e. The molecular formula is C13H17F3N2O3. The summed E-state index contributed by atoms with van der Waals surface area (Å²) in [4.78, 5) is 13.0. The minimum Gasteiger partial charge on any atom is -0.395 e. The molecule has 5 nitrogen and oxygen atoms in total. The number of anilines is 1. The minimum atomic E-state index is -4.27. The molecule has 21 heavy (non-hydrogen) atoms. The van der Waals surface area contributed by atoms with Crippen molar-refractivity contribution in [3.63, 3.8) is 0 Å². The SMILES string of the molecule is O=C(Nc1ccc(CC(F)(F)F)cc1)N(CCO)CCO. The summed E-state index contributed by atoms with van der Waals surface area (Å²) in [5.74, 6) is 0. The third-order valence-electron chi connectivity index (χ3n) is 2.64. The fourth-order valence-corrected chi connectivity index (χ4v) is 1.70. The van der Waals surface area contributed by atoms with Crippen molar-refractivity contribution in [3.8, 4) is 0 Å². The first-order valence-electron chi connectivity index (χ1n) is 6.29. The summed E-state index contributed by atoms with van der Waals surface area (Å²) in [5.41, 5.74) is 0.440. The lowest BCUT2D eigenvalue weighted by Gasteiger charge is -2.21. The summed E-state index contributed by atoms with van der Waals surface area (Å²) < 4.78 is 36.6. The molecule has 0 aliphatic carbocycles. The molecule has 1 aromatic carbocycles. The first-order valence-corrected chi connectivity index (χ1v) is 6.29. The summed E-state index contributed by atoms with van der Waals surface area (Å²) in [5, 5.41) is 20.1. The molecule has 2 amide bonds. The normalized spacial score (nSPS) is 11.3. The Morgan fingerprint density at radius 2 is 1.62 bits per heavy atom. The molecule has 3 N–H and O–H groups in total. The molecule has 8 heteroatoms. The standard InChI is InChI=1S/C13H17F3N2O3/c14-13(15,16)9-10-1-3-11(4-2-10)17-12(21)18(5-7-19)6-8-20/h1-4,19-20H,5-9H2,(H,17,21). The molecule has 0 saturated heterocycles. The van der Waals surface area contributed by atoms with Crippen LogP contribution >= 0.6 is 0 Å². The fraction of sp³-hybridized carbons (Fsp3) is 0.462. The van der Waals surface area contributed by atoms with Crippen LogP contribution in [0, 0.1) is 0 Å². The molecule has 0 bridgehead atoms. The van der Waals surface area contributed by atoms with Crippen LogP contribution in [-0.4, -0.2) is 53.6 Å². The zero-order valence-electron chi connectivity index (χ0n) is 11.2. The van der Waals surface area contributed by atoms with E-state index in [1.807, 2.05) is 0 Å². The highest BCUT2D eigenvalue weighted by Gasteiger charge is 2.27. The number of halogens is 3. The van der Waals surface area contributed by atoms with Crippen LogP contribution in [0.5, 0.6) is 0 Å². The second kappa shape index (κ2) is 7.84. The van der Waals surface area contributed by atoms with Crippen LogP contribution in [-0.2, 0) is 6.42 Å². The molecule has 1 aromatic rings. The van der Waals surface area contributed by atoms with E-state index >= 15 is 0 Å². The monoisotopic (exact) mass is 306 g/mol. The van der Waals surface area contributed by atoms with Gasteiger partial charge in [-0.15, -0.1) is 0 Å². The second-order valence-corrected chi connectivity index (χ2v) is 4.35. The van der Waals surface area contributed by atoms with Gasteiger partial charge >= 0.3 is 12.2 Å². The molecule has 0 fully saturated rings. The van der Waals surface area contributed by atoms with Gasteiger partial charge in [-0.25, -0.2) is 4.79 Å². The lowest BCUT2D eigenvalue weighted by Crippen LogP contribution is -2.38. The Morgan fingerprint density at radius 1 is 1.10 bits per heavy atom. The molecule has 1 rings (SSSR count). The number of amides is 2. The molecule has 0 aromatic heterocycles. The second-order valence-electron chi connectivity index (χ2n) is 4.35. The van der Waals surface area contributed by atoms with E-state index in [1.54, 1.807) is 0 Å². The lowest BCUT2D eigenvalue weighted by atomic mass is 10.1. The molecule has 0 spiro atoms. The number of aliphatic hydroxyl groups is 2. The van der Waals surface area contributed by atoms with Gasteiger partial charge in [-0.1, -0.05) is 12.1 Å². The maximum Gasteiger partial charge on any atom is 0.393 e. The van der Waals surface area contributed by atoms with Gasteiger partial charge in [-0.2, -0.15) is 13.2 Å². The van der Waals surface area contributed by atoms with E-state index < -0.39 is 18.6 Å². The zero-order chi connectivity index (χ0) is 15.9. The first-order chi connectivity index (χ1) is 9.85. The average molecular weight is 306 g/mol. The number of alkyl halides is 3. The van der Waals surface area contributed by atoms with Gasteiger partial charge < -0.3 is 20.4 Å².